The van der Waals surface area contributed by atoms with E-state index >= 15 is 0 Å². The van der Waals surface area contributed by atoms with Gasteiger partial charge in [-0.2, -0.15) is 0 Å². The highest BCUT2D eigenvalue weighted by Gasteiger charge is 2.27. The number of carbonyl (C=O) groups excluding carboxylic acids is 2. The van der Waals surface area contributed by atoms with Gasteiger partial charge in [0.25, 0.3) is 5.91 Å². The molecule has 0 bridgehead atoms. The van der Waals surface area contributed by atoms with E-state index in [9.17, 15) is 9.59 Å². The number of nitrogens with zero attached hydrogens (tertiary/aromatic N) is 3. The van der Waals surface area contributed by atoms with E-state index in [1.807, 2.05) is 49.1 Å². The van der Waals surface area contributed by atoms with Gasteiger partial charge in [0.2, 0.25) is 5.91 Å². The van der Waals surface area contributed by atoms with E-state index in [-0.39, 0.29) is 30.4 Å². The van der Waals surface area contributed by atoms with E-state index in [1.165, 1.54) is 16.7 Å². The van der Waals surface area contributed by atoms with Crippen LogP contribution in [0.5, 0.6) is 0 Å². The standard InChI is InChI=1S/C33H45N3O2/c1-7-9-14-28-17-19-29(20-18-28)33(38)35(25(3)4)24-32(37)36(27(6)8-2)23-31-16-12-21-34(31)22-30-15-11-10-13-26(30)5/h10-13,15-21,25,27H,7-9,14,22-24H2,1-6H3. The maximum Gasteiger partial charge on any atom is 0.254 e. The maximum absolute atomic E-state index is 13.7. The zero-order valence-electron chi connectivity index (χ0n) is 24.1. The zero-order valence-corrected chi connectivity index (χ0v) is 24.1. The van der Waals surface area contributed by atoms with Crippen LogP contribution in [0.3, 0.4) is 0 Å². The number of unbranched alkanes of at least 4 members (excludes halogenated alkanes) is 1. The van der Waals surface area contributed by atoms with Crippen LogP contribution in [-0.2, 0) is 24.3 Å². The van der Waals surface area contributed by atoms with E-state index in [0.717, 1.165) is 37.9 Å². The van der Waals surface area contributed by atoms with Crippen molar-refractivity contribution >= 4 is 11.8 Å². The van der Waals surface area contributed by atoms with Crippen LogP contribution in [0.25, 0.3) is 0 Å². The summed E-state index contributed by atoms with van der Waals surface area (Å²) in [4.78, 5) is 30.8. The van der Waals surface area contributed by atoms with Crippen molar-refractivity contribution in [2.75, 3.05) is 6.54 Å². The third-order valence-electron chi connectivity index (χ3n) is 7.51. The molecule has 0 fully saturated rings. The third kappa shape index (κ3) is 7.59. The molecule has 0 spiro atoms. The third-order valence-corrected chi connectivity index (χ3v) is 7.51. The normalized spacial score (nSPS) is 12.0. The molecule has 2 aromatic carbocycles. The second-order valence-corrected chi connectivity index (χ2v) is 10.7. The van der Waals surface area contributed by atoms with Gasteiger partial charge in [0.05, 0.1) is 6.54 Å². The number of carbonyl (C=O) groups is 2. The van der Waals surface area contributed by atoms with Crippen LogP contribution in [0.2, 0.25) is 0 Å². The molecule has 3 aromatic rings. The first-order valence-corrected chi connectivity index (χ1v) is 14.1. The lowest BCUT2D eigenvalue weighted by Crippen LogP contribution is -2.48. The summed E-state index contributed by atoms with van der Waals surface area (Å²) in [6, 6.07) is 20.4. The molecular formula is C33H45N3O2. The fourth-order valence-corrected chi connectivity index (χ4v) is 4.69. The van der Waals surface area contributed by atoms with Crippen LogP contribution in [0.15, 0.2) is 66.9 Å². The summed E-state index contributed by atoms with van der Waals surface area (Å²) < 4.78 is 2.22. The molecule has 1 aromatic heterocycles. The number of benzene rings is 2. The quantitative estimate of drug-likeness (QED) is 0.249. The van der Waals surface area contributed by atoms with Gasteiger partial charge in [0.15, 0.2) is 0 Å². The van der Waals surface area contributed by atoms with Gasteiger partial charge in [-0.05, 0) is 87.9 Å². The Morgan fingerprint density at radius 2 is 1.61 bits per heavy atom. The summed E-state index contributed by atoms with van der Waals surface area (Å²) in [5, 5.41) is 0. The molecule has 5 nitrogen and oxygen atoms in total. The Hall–Kier alpha value is -3.34. The van der Waals surface area contributed by atoms with Crippen molar-refractivity contribution in [1.29, 1.82) is 0 Å². The van der Waals surface area contributed by atoms with E-state index in [4.69, 9.17) is 0 Å². The first kappa shape index (κ1) is 29.2. The van der Waals surface area contributed by atoms with Crippen molar-refractivity contribution in [2.24, 2.45) is 0 Å². The topological polar surface area (TPSA) is 45.6 Å². The molecule has 0 radical (unpaired) electrons. The minimum Gasteiger partial charge on any atom is -0.345 e. The average molecular weight is 516 g/mol. The Kier molecular flexibility index (Phi) is 10.8. The molecule has 0 aliphatic carbocycles. The van der Waals surface area contributed by atoms with Gasteiger partial charge in [-0.25, -0.2) is 0 Å². The highest BCUT2D eigenvalue weighted by Crippen LogP contribution is 2.18. The van der Waals surface area contributed by atoms with Crippen molar-refractivity contribution in [3.63, 3.8) is 0 Å². The number of rotatable bonds is 13. The second kappa shape index (κ2) is 14.0. The smallest absolute Gasteiger partial charge is 0.254 e. The van der Waals surface area contributed by atoms with Gasteiger partial charge < -0.3 is 14.4 Å². The lowest BCUT2D eigenvalue weighted by molar-refractivity contribution is -0.135. The molecule has 5 heteroatoms. The molecule has 204 valence electrons. The van der Waals surface area contributed by atoms with Gasteiger partial charge in [-0.1, -0.05) is 56.7 Å². The highest BCUT2D eigenvalue weighted by molar-refractivity contribution is 5.96. The molecule has 38 heavy (non-hydrogen) atoms. The van der Waals surface area contributed by atoms with Crippen LogP contribution >= 0.6 is 0 Å². The minimum absolute atomic E-state index is 0.0235. The molecule has 2 amide bonds. The van der Waals surface area contributed by atoms with Crippen LogP contribution in [-0.4, -0.2) is 44.8 Å². The lowest BCUT2D eigenvalue weighted by Gasteiger charge is -2.33. The van der Waals surface area contributed by atoms with Crippen LogP contribution < -0.4 is 0 Å². The summed E-state index contributed by atoms with van der Waals surface area (Å²) in [6.45, 7) is 13.8. The van der Waals surface area contributed by atoms with E-state index in [0.29, 0.717) is 12.1 Å². The first-order valence-electron chi connectivity index (χ1n) is 14.1. The second-order valence-electron chi connectivity index (χ2n) is 10.7. The lowest BCUT2D eigenvalue weighted by atomic mass is 10.1. The number of amides is 2. The Labute approximate surface area is 229 Å². The molecule has 1 atom stereocenters. The van der Waals surface area contributed by atoms with Gasteiger partial charge in [0.1, 0.15) is 6.54 Å². The summed E-state index contributed by atoms with van der Waals surface area (Å²) in [6.07, 6.45) is 6.23. The van der Waals surface area contributed by atoms with Crippen molar-refractivity contribution in [1.82, 2.24) is 14.4 Å². The number of hydrogen-bond donors (Lipinski definition) is 0. The Morgan fingerprint density at radius 3 is 2.24 bits per heavy atom. The van der Waals surface area contributed by atoms with Crippen molar-refractivity contribution in [3.8, 4) is 0 Å². The SMILES string of the molecule is CCCCc1ccc(C(=O)N(CC(=O)N(Cc2cccn2Cc2ccccc2C)C(C)CC)C(C)C)cc1. The van der Waals surface area contributed by atoms with Crippen LogP contribution in [0, 0.1) is 6.92 Å². The highest BCUT2D eigenvalue weighted by atomic mass is 16.2. The van der Waals surface area contributed by atoms with E-state index < -0.39 is 0 Å². The molecule has 0 saturated carbocycles. The molecule has 1 heterocycles. The van der Waals surface area contributed by atoms with Crippen LogP contribution in [0.1, 0.15) is 86.6 Å². The largest absolute Gasteiger partial charge is 0.345 e. The van der Waals surface area contributed by atoms with Crippen molar-refractivity contribution in [2.45, 2.75) is 92.4 Å². The number of aryl methyl sites for hydroxylation is 2. The molecule has 1 unspecified atom stereocenters. The van der Waals surface area contributed by atoms with Crippen molar-refractivity contribution in [3.05, 3.63) is 94.8 Å². The average Bonchev–Trinajstić information content (AvgIpc) is 3.36. The Balaban J connectivity index is 1.76. The van der Waals surface area contributed by atoms with Gasteiger partial charge >= 0.3 is 0 Å². The van der Waals surface area contributed by atoms with Gasteiger partial charge in [0, 0.05) is 36.1 Å². The number of hydrogen-bond acceptors (Lipinski definition) is 2. The summed E-state index contributed by atoms with van der Waals surface area (Å²) in [7, 11) is 0. The summed E-state index contributed by atoms with van der Waals surface area (Å²) in [5.41, 5.74) is 5.49. The van der Waals surface area contributed by atoms with E-state index in [1.54, 1.807) is 4.90 Å². The van der Waals surface area contributed by atoms with Gasteiger partial charge in [-0.3, -0.25) is 9.59 Å². The molecule has 0 saturated heterocycles. The van der Waals surface area contributed by atoms with Crippen molar-refractivity contribution < 1.29 is 9.59 Å². The Morgan fingerprint density at radius 1 is 0.895 bits per heavy atom. The zero-order chi connectivity index (χ0) is 27.7. The predicted molar refractivity (Wildman–Crippen MR) is 156 cm³/mol. The van der Waals surface area contributed by atoms with Gasteiger partial charge in [-0.15, -0.1) is 0 Å². The maximum atomic E-state index is 13.7. The minimum atomic E-state index is -0.0950. The monoisotopic (exact) mass is 515 g/mol. The number of aromatic nitrogens is 1. The fraction of sp³-hybridized carbons (Fsp3) is 0.455. The predicted octanol–water partition coefficient (Wildman–Crippen LogP) is 6.87. The molecule has 3 rings (SSSR count). The first-order chi connectivity index (χ1) is 18.2. The Bertz CT molecular complexity index is 1180. The summed E-state index contributed by atoms with van der Waals surface area (Å²) in [5.74, 6) is -0.118. The van der Waals surface area contributed by atoms with E-state index in [2.05, 4.69) is 68.8 Å². The summed E-state index contributed by atoms with van der Waals surface area (Å²) >= 11 is 0. The molecule has 0 N–H and O–H groups in total. The molecule has 0 aliphatic rings. The van der Waals surface area contributed by atoms with Crippen LogP contribution in [0.4, 0.5) is 0 Å². The fourth-order valence-electron chi connectivity index (χ4n) is 4.69. The molecule has 0 aliphatic heterocycles. The molecular weight excluding hydrogens is 470 g/mol.